The molecule has 2 aromatic carbocycles. The Hall–Kier alpha value is -1.69. The van der Waals surface area contributed by atoms with Crippen LogP contribution in [0.15, 0.2) is 36.4 Å². The molecule has 20 heavy (non-hydrogen) atoms. The molecule has 0 saturated carbocycles. The van der Waals surface area contributed by atoms with E-state index in [0.29, 0.717) is 21.4 Å². The number of rotatable bonds is 2. The average molecular weight is 277 g/mol. The molecule has 1 aliphatic heterocycles. The van der Waals surface area contributed by atoms with Gasteiger partial charge < -0.3 is 9.90 Å². The molecule has 0 aromatic heterocycles. The van der Waals surface area contributed by atoms with E-state index in [1.807, 2.05) is 0 Å². The number of carboxylic acid groups (broad SMARTS) is 1. The molecular formula is C14H8NNaO4. The molecule has 94 valence electrons. The molecule has 0 radical (unpaired) electrons. The maximum Gasteiger partial charge on any atom is 1.00 e. The van der Waals surface area contributed by atoms with Crippen LogP contribution in [-0.2, 0) is 4.79 Å². The molecule has 0 saturated heterocycles. The van der Waals surface area contributed by atoms with Crippen molar-refractivity contribution in [2.75, 3.05) is 6.54 Å². The minimum atomic E-state index is -1.46. The van der Waals surface area contributed by atoms with Gasteiger partial charge in [0.15, 0.2) is 0 Å². The van der Waals surface area contributed by atoms with E-state index in [2.05, 4.69) is 0 Å². The molecular weight excluding hydrogens is 269 g/mol. The van der Waals surface area contributed by atoms with Gasteiger partial charge in [-0.2, -0.15) is 0 Å². The molecule has 0 fully saturated rings. The summed E-state index contributed by atoms with van der Waals surface area (Å²) in [5.74, 6) is -2.66. The summed E-state index contributed by atoms with van der Waals surface area (Å²) in [5.41, 5.74) is 0.683. The Labute approximate surface area is 136 Å². The Morgan fingerprint density at radius 1 is 1.00 bits per heavy atom. The molecule has 3 rings (SSSR count). The third kappa shape index (κ3) is 2.14. The molecule has 1 aliphatic rings. The quantitative estimate of drug-likeness (QED) is 0.438. The Kier molecular flexibility index (Phi) is 3.94. The molecule has 2 aromatic rings. The molecule has 0 atom stereocenters. The van der Waals surface area contributed by atoms with Crippen LogP contribution in [0, 0.1) is 0 Å². The van der Waals surface area contributed by atoms with Crippen LogP contribution in [0.4, 0.5) is 0 Å². The predicted octanol–water partition coefficient (Wildman–Crippen LogP) is -2.81. The largest absolute Gasteiger partial charge is 1.00 e. The summed E-state index contributed by atoms with van der Waals surface area (Å²) >= 11 is 0. The Balaban J connectivity index is 0.00000147. The number of hydrogen-bond donors (Lipinski definition) is 0. The molecule has 0 N–H and O–H groups in total. The van der Waals surface area contributed by atoms with Gasteiger partial charge in [0.05, 0.1) is 12.5 Å². The number of imide groups is 1. The molecule has 0 spiro atoms. The van der Waals surface area contributed by atoms with Crippen LogP contribution in [0.3, 0.4) is 0 Å². The topological polar surface area (TPSA) is 77.5 Å². The van der Waals surface area contributed by atoms with Crippen LogP contribution in [0.2, 0.25) is 0 Å². The second kappa shape index (κ2) is 5.36. The smallest absolute Gasteiger partial charge is 0.548 e. The summed E-state index contributed by atoms with van der Waals surface area (Å²) < 4.78 is 0. The van der Waals surface area contributed by atoms with E-state index in [1.54, 1.807) is 36.4 Å². The van der Waals surface area contributed by atoms with Gasteiger partial charge in [0.25, 0.3) is 11.8 Å². The molecule has 1 heterocycles. The average Bonchev–Trinajstić information content (AvgIpc) is 2.40. The number of carbonyl (C=O) groups excluding carboxylic acids is 3. The van der Waals surface area contributed by atoms with Crippen molar-refractivity contribution in [3.8, 4) is 0 Å². The van der Waals surface area contributed by atoms with E-state index >= 15 is 0 Å². The fourth-order valence-electron chi connectivity index (χ4n) is 2.35. The molecule has 0 unspecified atom stereocenters. The zero-order valence-electron chi connectivity index (χ0n) is 10.8. The van der Waals surface area contributed by atoms with Crippen molar-refractivity contribution >= 4 is 28.6 Å². The first-order valence-electron chi connectivity index (χ1n) is 5.67. The van der Waals surface area contributed by atoms with Gasteiger partial charge in [-0.1, -0.05) is 24.3 Å². The van der Waals surface area contributed by atoms with Gasteiger partial charge in [-0.25, -0.2) is 0 Å². The van der Waals surface area contributed by atoms with Crippen molar-refractivity contribution in [2.45, 2.75) is 0 Å². The first kappa shape index (κ1) is 14.7. The summed E-state index contributed by atoms with van der Waals surface area (Å²) in [7, 11) is 0. The van der Waals surface area contributed by atoms with Gasteiger partial charge in [-0.05, 0) is 17.5 Å². The van der Waals surface area contributed by atoms with Crippen molar-refractivity contribution in [1.29, 1.82) is 0 Å². The second-order valence-corrected chi connectivity index (χ2v) is 4.28. The van der Waals surface area contributed by atoms with Crippen LogP contribution < -0.4 is 34.7 Å². The third-order valence-electron chi connectivity index (χ3n) is 3.14. The van der Waals surface area contributed by atoms with E-state index in [1.165, 1.54) is 0 Å². The Morgan fingerprint density at radius 2 is 1.50 bits per heavy atom. The fourth-order valence-corrected chi connectivity index (χ4v) is 2.35. The summed E-state index contributed by atoms with van der Waals surface area (Å²) in [6.45, 7) is -0.734. The molecule has 6 heteroatoms. The SMILES string of the molecule is O=C([O-])CN1C(=O)c2cccc3cccc(c23)C1=O.[Na+]. The number of amides is 2. The first-order valence-corrected chi connectivity index (χ1v) is 5.67. The summed E-state index contributed by atoms with van der Waals surface area (Å²) in [5, 5.41) is 12.0. The summed E-state index contributed by atoms with van der Waals surface area (Å²) in [6.07, 6.45) is 0. The Bertz CT molecular complexity index is 690. The molecule has 0 bridgehead atoms. The van der Waals surface area contributed by atoms with Crippen LogP contribution >= 0.6 is 0 Å². The molecule has 5 nitrogen and oxygen atoms in total. The van der Waals surface area contributed by atoms with Crippen LogP contribution in [0.1, 0.15) is 20.7 Å². The zero-order chi connectivity index (χ0) is 13.6. The zero-order valence-corrected chi connectivity index (χ0v) is 12.8. The minimum Gasteiger partial charge on any atom is -0.548 e. The normalized spacial score (nSPS) is 13.3. The molecule has 2 amide bonds. The standard InChI is InChI=1S/C14H9NO4.Na/c16-11(17)7-15-13(18)9-5-1-3-8-4-2-6-10(12(8)9)14(15)19;/h1-6H,7H2,(H,16,17);/q;+1/p-1. The number of carboxylic acids is 1. The number of benzene rings is 2. The number of hydrogen-bond acceptors (Lipinski definition) is 4. The van der Waals surface area contributed by atoms with E-state index in [-0.39, 0.29) is 29.6 Å². The summed E-state index contributed by atoms with van der Waals surface area (Å²) in [4.78, 5) is 35.7. The van der Waals surface area contributed by atoms with Crippen molar-refractivity contribution < 1.29 is 49.0 Å². The first-order chi connectivity index (χ1) is 9.09. The summed E-state index contributed by atoms with van der Waals surface area (Å²) in [6, 6.07) is 10.2. The van der Waals surface area contributed by atoms with Gasteiger partial charge in [0.1, 0.15) is 0 Å². The van der Waals surface area contributed by atoms with Crippen LogP contribution in [0.5, 0.6) is 0 Å². The maximum absolute atomic E-state index is 12.2. The number of nitrogens with zero attached hydrogens (tertiary/aromatic N) is 1. The van der Waals surface area contributed by atoms with Gasteiger partial charge in [-0.15, -0.1) is 0 Å². The second-order valence-electron chi connectivity index (χ2n) is 4.28. The van der Waals surface area contributed by atoms with E-state index in [4.69, 9.17) is 0 Å². The fraction of sp³-hybridized carbons (Fsp3) is 0.0714. The minimum absolute atomic E-state index is 0. The number of aliphatic carboxylic acids is 1. The van der Waals surface area contributed by atoms with Crippen LogP contribution in [-0.4, -0.2) is 29.2 Å². The van der Waals surface area contributed by atoms with Gasteiger partial charge in [0, 0.05) is 16.5 Å². The van der Waals surface area contributed by atoms with Crippen molar-refractivity contribution in [2.24, 2.45) is 0 Å². The van der Waals surface area contributed by atoms with Crippen molar-refractivity contribution in [1.82, 2.24) is 4.90 Å². The number of carbonyl (C=O) groups is 3. The predicted molar refractivity (Wildman–Crippen MR) is 64.3 cm³/mol. The Morgan fingerprint density at radius 3 is 1.95 bits per heavy atom. The van der Waals surface area contributed by atoms with Crippen molar-refractivity contribution in [3.05, 3.63) is 47.5 Å². The van der Waals surface area contributed by atoms with E-state index in [9.17, 15) is 19.5 Å². The van der Waals surface area contributed by atoms with E-state index < -0.39 is 24.3 Å². The van der Waals surface area contributed by atoms with Gasteiger partial charge >= 0.3 is 29.6 Å². The van der Waals surface area contributed by atoms with Crippen LogP contribution in [0.25, 0.3) is 10.8 Å². The molecule has 0 aliphatic carbocycles. The van der Waals surface area contributed by atoms with Gasteiger partial charge in [-0.3, -0.25) is 14.5 Å². The third-order valence-corrected chi connectivity index (χ3v) is 3.14. The maximum atomic E-state index is 12.2. The monoisotopic (exact) mass is 277 g/mol. The van der Waals surface area contributed by atoms with E-state index in [0.717, 1.165) is 5.39 Å². The van der Waals surface area contributed by atoms with Gasteiger partial charge in [0.2, 0.25) is 0 Å². The van der Waals surface area contributed by atoms with Crippen molar-refractivity contribution in [3.63, 3.8) is 0 Å².